The van der Waals surface area contributed by atoms with Crippen LogP contribution in [0.1, 0.15) is 51.3 Å². The minimum absolute atomic E-state index is 0.0138. The average molecular weight is 378 g/mol. The number of hydrogen-bond acceptors (Lipinski definition) is 6. The molecule has 142 valence electrons. The third-order valence-electron chi connectivity index (χ3n) is 4.54. The normalized spacial score (nSPS) is 16.6. The zero-order valence-corrected chi connectivity index (χ0v) is 16.5. The molecule has 0 saturated carbocycles. The molecule has 1 atom stereocenters. The third kappa shape index (κ3) is 4.52. The number of nitrogens with zero attached hydrogens (tertiary/aromatic N) is 2. The number of rotatable bonds is 7. The Morgan fingerprint density at radius 2 is 2.12 bits per heavy atom. The van der Waals surface area contributed by atoms with E-state index in [-0.39, 0.29) is 11.9 Å². The lowest BCUT2D eigenvalue weighted by Crippen LogP contribution is -2.43. The van der Waals surface area contributed by atoms with Crippen LogP contribution in [0.4, 0.5) is 0 Å². The molecule has 0 radical (unpaired) electrons. The van der Waals surface area contributed by atoms with Gasteiger partial charge >= 0.3 is 0 Å². The molecule has 1 N–H and O–H groups in total. The first-order chi connectivity index (χ1) is 12.6. The fourth-order valence-electron chi connectivity index (χ4n) is 3.18. The predicted octanol–water partition coefficient (Wildman–Crippen LogP) is 3.11. The molecule has 1 aliphatic heterocycles. The van der Waals surface area contributed by atoms with Gasteiger partial charge in [-0.15, -0.1) is 11.3 Å². The highest BCUT2D eigenvalue weighted by molar-refractivity contribution is 7.13. The molecule has 1 aliphatic rings. The number of nitrogens with one attached hydrogen (secondary N) is 1. The van der Waals surface area contributed by atoms with E-state index in [1.807, 2.05) is 26.0 Å². The molecule has 3 heterocycles. The summed E-state index contributed by atoms with van der Waals surface area (Å²) < 4.78 is 11.3. The number of aryl methyl sites for hydroxylation is 3. The van der Waals surface area contributed by atoms with Crippen molar-refractivity contribution in [1.82, 2.24) is 15.2 Å². The first-order valence-corrected chi connectivity index (χ1v) is 10.0. The number of furan rings is 1. The Kier molecular flexibility index (Phi) is 6.45. The van der Waals surface area contributed by atoms with Crippen molar-refractivity contribution in [2.75, 3.05) is 32.8 Å². The van der Waals surface area contributed by atoms with Crippen molar-refractivity contribution in [2.24, 2.45) is 0 Å². The van der Waals surface area contributed by atoms with Gasteiger partial charge in [0.2, 0.25) is 0 Å². The maximum atomic E-state index is 12.7. The molecule has 1 saturated heterocycles. The highest BCUT2D eigenvalue weighted by Gasteiger charge is 2.26. The molecular weight excluding hydrogens is 350 g/mol. The molecule has 26 heavy (non-hydrogen) atoms. The van der Waals surface area contributed by atoms with Crippen LogP contribution in [0.3, 0.4) is 0 Å². The average Bonchev–Trinajstić information content (AvgIpc) is 3.22. The van der Waals surface area contributed by atoms with E-state index in [0.29, 0.717) is 24.6 Å². The van der Waals surface area contributed by atoms with Gasteiger partial charge in [-0.1, -0.05) is 6.92 Å². The van der Waals surface area contributed by atoms with Crippen LogP contribution in [-0.2, 0) is 11.2 Å². The van der Waals surface area contributed by atoms with Gasteiger partial charge in [0.15, 0.2) is 0 Å². The molecule has 1 amide bonds. The van der Waals surface area contributed by atoms with Gasteiger partial charge in [-0.25, -0.2) is 4.98 Å². The Hall–Kier alpha value is -1.70. The molecular formula is C19H27N3O3S. The van der Waals surface area contributed by atoms with E-state index in [9.17, 15) is 4.79 Å². The Bertz CT molecular complexity index is 734. The molecule has 0 aromatic carbocycles. The van der Waals surface area contributed by atoms with E-state index in [4.69, 9.17) is 9.15 Å². The van der Waals surface area contributed by atoms with Crippen molar-refractivity contribution >= 4 is 17.2 Å². The molecule has 3 rings (SSSR count). The van der Waals surface area contributed by atoms with E-state index in [0.717, 1.165) is 48.2 Å². The Morgan fingerprint density at radius 3 is 2.77 bits per heavy atom. The molecule has 2 aromatic heterocycles. The fourth-order valence-corrected chi connectivity index (χ4v) is 4.27. The number of carbonyl (C=O) groups is 1. The Labute approximate surface area is 158 Å². The van der Waals surface area contributed by atoms with Crippen LogP contribution in [-0.4, -0.2) is 48.6 Å². The molecule has 6 nitrogen and oxygen atoms in total. The van der Waals surface area contributed by atoms with E-state index in [1.165, 1.54) is 11.3 Å². The summed E-state index contributed by atoms with van der Waals surface area (Å²) in [6.07, 6.45) is 1.95. The topological polar surface area (TPSA) is 67.6 Å². The number of carbonyl (C=O) groups excluding carboxylic acids is 1. The summed E-state index contributed by atoms with van der Waals surface area (Å²) in [6.45, 7) is 9.55. The minimum Gasteiger partial charge on any atom is -0.465 e. The second-order valence-electron chi connectivity index (χ2n) is 6.59. The van der Waals surface area contributed by atoms with Gasteiger partial charge in [0, 0.05) is 19.6 Å². The van der Waals surface area contributed by atoms with Gasteiger partial charge in [-0.2, -0.15) is 0 Å². The lowest BCUT2D eigenvalue weighted by molar-refractivity contribution is 0.0117. The summed E-state index contributed by atoms with van der Waals surface area (Å²) in [5.74, 6) is 1.72. The van der Waals surface area contributed by atoms with Crippen LogP contribution in [0.5, 0.6) is 0 Å². The zero-order valence-electron chi connectivity index (χ0n) is 15.7. The second kappa shape index (κ2) is 8.79. The summed E-state index contributed by atoms with van der Waals surface area (Å²) in [6, 6.07) is 3.98. The van der Waals surface area contributed by atoms with Crippen molar-refractivity contribution in [3.8, 4) is 0 Å². The Morgan fingerprint density at radius 1 is 1.35 bits per heavy atom. The highest BCUT2D eigenvalue weighted by atomic mass is 32.1. The fraction of sp³-hybridized carbons (Fsp3) is 0.579. The third-order valence-corrected chi connectivity index (χ3v) is 5.76. The molecule has 0 spiro atoms. The smallest absolute Gasteiger partial charge is 0.263 e. The van der Waals surface area contributed by atoms with Crippen molar-refractivity contribution in [3.63, 3.8) is 0 Å². The van der Waals surface area contributed by atoms with Gasteiger partial charge in [0.05, 0.1) is 30.0 Å². The molecule has 0 bridgehead atoms. The number of ether oxygens (including phenoxy) is 1. The number of hydrogen-bond donors (Lipinski definition) is 1. The number of amides is 1. The van der Waals surface area contributed by atoms with Gasteiger partial charge < -0.3 is 14.5 Å². The lowest BCUT2D eigenvalue weighted by Gasteiger charge is -2.33. The number of thiazole rings is 1. The van der Waals surface area contributed by atoms with Gasteiger partial charge in [-0.3, -0.25) is 9.69 Å². The second-order valence-corrected chi connectivity index (χ2v) is 7.68. The summed E-state index contributed by atoms with van der Waals surface area (Å²) in [4.78, 5) is 20.2. The monoisotopic (exact) mass is 377 g/mol. The van der Waals surface area contributed by atoms with Crippen LogP contribution < -0.4 is 5.32 Å². The lowest BCUT2D eigenvalue weighted by atomic mass is 10.1. The van der Waals surface area contributed by atoms with Crippen LogP contribution >= 0.6 is 11.3 Å². The summed E-state index contributed by atoms with van der Waals surface area (Å²) in [7, 11) is 0. The predicted molar refractivity (Wildman–Crippen MR) is 102 cm³/mol. The molecule has 1 unspecified atom stereocenters. The minimum atomic E-state index is -0.0520. The SMILES string of the molecule is CCCc1nc(C)c(C(=O)NCC(c2ccc(C)o2)N2CCOCC2)s1. The maximum absolute atomic E-state index is 12.7. The van der Waals surface area contributed by atoms with E-state index < -0.39 is 0 Å². The molecule has 0 aliphatic carbocycles. The quantitative estimate of drug-likeness (QED) is 0.803. The summed E-state index contributed by atoms with van der Waals surface area (Å²) >= 11 is 1.50. The molecule has 2 aromatic rings. The molecule has 1 fully saturated rings. The van der Waals surface area contributed by atoms with Crippen molar-refractivity contribution < 1.29 is 13.9 Å². The highest BCUT2D eigenvalue weighted by Crippen LogP contribution is 2.24. The van der Waals surface area contributed by atoms with Crippen LogP contribution in [0.2, 0.25) is 0 Å². The maximum Gasteiger partial charge on any atom is 0.263 e. The summed E-state index contributed by atoms with van der Waals surface area (Å²) in [5, 5.41) is 4.12. The van der Waals surface area contributed by atoms with Crippen molar-refractivity contribution in [3.05, 3.63) is 39.2 Å². The van der Waals surface area contributed by atoms with Crippen molar-refractivity contribution in [1.29, 1.82) is 0 Å². The number of morpholine rings is 1. The van der Waals surface area contributed by atoms with E-state index >= 15 is 0 Å². The van der Waals surface area contributed by atoms with E-state index in [1.54, 1.807) is 0 Å². The Balaban J connectivity index is 1.69. The first-order valence-electron chi connectivity index (χ1n) is 9.21. The van der Waals surface area contributed by atoms with Gasteiger partial charge in [-0.05, 0) is 38.8 Å². The van der Waals surface area contributed by atoms with Gasteiger partial charge in [0.25, 0.3) is 5.91 Å². The molecule has 7 heteroatoms. The number of aromatic nitrogens is 1. The standard InChI is InChI=1S/C19H27N3O3S/c1-4-5-17-21-14(3)18(26-17)19(23)20-12-15(16-7-6-13(2)25-16)22-8-10-24-11-9-22/h6-7,15H,4-5,8-12H2,1-3H3,(H,20,23). The van der Waals surface area contributed by atoms with E-state index in [2.05, 4.69) is 22.1 Å². The van der Waals surface area contributed by atoms with Gasteiger partial charge in [0.1, 0.15) is 16.4 Å². The van der Waals surface area contributed by atoms with Crippen LogP contribution in [0.25, 0.3) is 0 Å². The van der Waals surface area contributed by atoms with Crippen LogP contribution in [0.15, 0.2) is 16.5 Å². The summed E-state index contributed by atoms with van der Waals surface area (Å²) in [5.41, 5.74) is 0.813. The largest absolute Gasteiger partial charge is 0.465 e. The first kappa shape index (κ1) is 19.1. The van der Waals surface area contributed by atoms with Crippen LogP contribution in [0, 0.1) is 13.8 Å². The zero-order chi connectivity index (χ0) is 18.5. The van der Waals surface area contributed by atoms with Crippen molar-refractivity contribution in [2.45, 2.75) is 39.7 Å².